The van der Waals surface area contributed by atoms with Crippen molar-refractivity contribution < 1.29 is 4.79 Å². The predicted octanol–water partition coefficient (Wildman–Crippen LogP) is 3.32. The molecule has 3 heterocycles. The summed E-state index contributed by atoms with van der Waals surface area (Å²) >= 11 is 0. The van der Waals surface area contributed by atoms with E-state index in [1.54, 1.807) is 22.8 Å². The monoisotopic (exact) mass is 380 g/mol. The molecular weight excluding hydrogens is 352 g/mol. The van der Waals surface area contributed by atoms with E-state index in [9.17, 15) is 4.79 Å². The number of carbonyl (C=O) groups excluding carboxylic acids is 1. The first-order chi connectivity index (χ1) is 13.1. The Hall–Kier alpha value is -2.96. The van der Waals surface area contributed by atoms with E-state index < -0.39 is 0 Å². The highest BCUT2D eigenvalue weighted by molar-refractivity contribution is 5.93. The zero-order chi connectivity index (χ0) is 20.6. The highest BCUT2D eigenvalue weighted by Gasteiger charge is 2.19. The number of pyridine rings is 1. The molecule has 3 aromatic heterocycles. The van der Waals surface area contributed by atoms with Crippen molar-refractivity contribution >= 4 is 5.91 Å². The second-order valence-electron chi connectivity index (χ2n) is 8.29. The molecule has 0 fully saturated rings. The summed E-state index contributed by atoms with van der Waals surface area (Å²) in [5, 5.41) is 8.81. The van der Waals surface area contributed by atoms with Crippen LogP contribution in [0.15, 0.2) is 30.7 Å². The summed E-state index contributed by atoms with van der Waals surface area (Å²) in [5.41, 5.74) is 5.20. The Bertz CT molecular complexity index is 1010. The zero-order valence-corrected chi connectivity index (χ0v) is 17.7. The van der Waals surface area contributed by atoms with Crippen LogP contribution in [-0.4, -0.2) is 42.4 Å². The molecule has 0 bridgehead atoms. The summed E-state index contributed by atoms with van der Waals surface area (Å²) in [4.78, 5) is 19.0. The number of hydrogen-bond donors (Lipinski definition) is 0. The number of aromatic nitrogens is 5. The molecule has 0 spiro atoms. The van der Waals surface area contributed by atoms with Crippen LogP contribution in [0.5, 0.6) is 0 Å². The molecule has 7 heteroatoms. The van der Waals surface area contributed by atoms with E-state index in [0.29, 0.717) is 12.2 Å². The van der Waals surface area contributed by atoms with E-state index in [1.807, 2.05) is 50.1 Å². The van der Waals surface area contributed by atoms with Crippen LogP contribution in [0.3, 0.4) is 0 Å². The van der Waals surface area contributed by atoms with Crippen LogP contribution >= 0.6 is 0 Å². The average Bonchev–Trinajstić information content (AvgIpc) is 3.21. The zero-order valence-electron chi connectivity index (χ0n) is 17.7. The van der Waals surface area contributed by atoms with Gasteiger partial charge in [-0.05, 0) is 57.9 Å². The normalized spacial score (nSPS) is 11.7. The van der Waals surface area contributed by atoms with E-state index in [1.165, 1.54) is 0 Å². The van der Waals surface area contributed by atoms with Gasteiger partial charge >= 0.3 is 0 Å². The van der Waals surface area contributed by atoms with Gasteiger partial charge in [0.15, 0.2) is 0 Å². The average molecular weight is 380 g/mol. The molecule has 0 aliphatic heterocycles. The maximum absolute atomic E-state index is 12.9. The lowest BCUT2D eigenvalue weighted by Gasteiger charge is -2.19. The fourth-order valence-corrected chi connectivity index (χ4v) is 3.10. The molecule has 0 aliphatic rings. The topological polar surface area (TPSA) is 68.8 Å². The van der Waals surface area contributed by atoms with Crippen molar-refractivity contribution in [2.75, 3.05) is 7.05 Å². The van der Waals surface area contributed by atoms with Gasteiger partial charge in [0.05, 0.1) is 29.7 Å². The lowest BCUT2D eigenvalue weighted by Crippen LogP contribution is -2.28. The molecule has 3 rings (SSSR count). The Morgan fingerprint density at radius 1 is 1.18 bits per heavy atom. The quantitative estimate of drug-likeness (QED) is 0.696. The van der Waals surface area contributed by atoms with Crippen LogP contribution in [0.1, 0.15) is 48.2 Å². The number of rotatable bonds is 4. The first-order valence-electron chi connectivity index (χ1n) is 9.33. The van der Waals surface area contributed by atoms with Crippen molar-refractivity contribution in [3.8, 4) is 11.1 Å². The van der Waals surface area contributed by atoms with Crippen molar-refractivity contribution in [3.05, 3.63) is 53.4 Å². The molecule has 0 atom stereocenters. The molecule has 7 nitrogen and oxygen atoms in total. The molecule has 0 unspecified atom stereocenters. The van der Waals surface area contributed by atoms with Gasteiger partial charge in [-0.15, -0.1) is 0 Å². The summed E-state index contributed by atoms with van der Waals surface area (Å²) in [6.45, 7) is 10.7. The predicted molar refractivity (Wildman–Crippen MR) is 109 cm³/mol. The minimum Gasteiger partial charge on any atom is -0.334 e. The van der Waals surface area contributed by atoms with Crippen LogP contribution in [0, 0.1) is 13.8 Å². The molecule has 148 valence electrons. The Labute approximate surface area is 166 Å². The second kappa shape index (κ2) is 7.22. The van der Waals surface area contributed by atoms with Crippen molar-refractivity contribution in [1.29, 1.82) is 0 Å². The van der Waals surface area contributed by atoms with Crippen LogP contribution in [0.4, 0.5) is 0 Å². The van der Waals surface area contributed by atoms with Gasteiger partial charge in [0, 0.05) is 32.1 Å². The molecule has 0 aromatic carbocycles. The molecule has 0 radical (unpaired) electrons. The molecule has 0 saturated carbocycles. The Balaban J connectivity index is 1.87. The van der Waals surface area contributed by atoms with Crippen LogP contribution in [-0.2, 0) is 19.1 Å². The van der Waals surface area contributed by atoms with Crippen molar-refractivity contribution in [2.24, 2.45) is 7.05 Å². The van der Waals surface area contributed by atoms with Gasteiger partial charge in [-0.2, -0.15) is 10.2 Å². The van der Waals surface area contributed by atoms with Crippen molar-refractivity contribution in [3.63, 3.8) is 0 Å². The number of amides is 1. The summed E-state index contributed by atoms with van der Waals surface area (Å²) in [7, 11) is 3.67. The second-order valence-corrected chi connectivity index (χ2v) is 8.29. The molecular formula is C21H28N6O. The molecule has 0 aliphatic carbocycles. The maximum atomic E-state index is 12.9. The van der Waals surface area contributed by atoms with Gasteiger partial charge in [0.1, 0.15) is 5.69 Å². The maximum Gasteiger partial charge on any atom is 0.272 e. The smallest absolute Gasteiger partial charge is 0.272 e. The van der Waals surface area contributed by atoms with Crippen LogP contribution < -0.4 is 0 Å². The van der Waals surface area contributed by atoms with Gasteiger partial charge in [-0.3, -0.25) is 19.1 Å². The van der Waals surface area contributed by atoms with Crippen LogP contribution in [0.25, 0.3) is 11.1 Å². The number of aryl methyl sites for hydroxylation is 3. The molecule has 28 heavy (non-hydrogen) atoms. The molecule has 1 amide bonds. The Morgan fingerprint density at radius 3 is 2.46 bits per heavy atom. The summed E-state index contributed by atoms with van der Waals surface area (Å²) in [6, 6.07) is 3.84. The van der Waals surface area contributed by atoms with E-state index >= 15 is 0 Å². The SMILES string of the molecule is Cc1cc(CN(C)C(=O)c2cc(-c3cnn(C(C)(C)C)c3)c(C)cn2)n(C)n1. The first kappa shape index (κ1) is 19.8. The number of carbonyl (C=O) groups is 1. The summed E-state index contributed by atoms with van der Waals surface area (Å²) in [5.74, 6) is -0.122. The standard InChI is InChI=1S/C21H28N6O/c1-14-10-22-19(9-18(14)16-11-23-27(12-16)21(3,4)5)20(28)25(6)13-17-8-15(2)24-26(17)7/h8-12H,13H2,1-7H3. The first-order valence-corrected chi connectivity index (χ1v) is 9.33. The van der Waals surface area contributed by atoms with E-state index in [4.69, 9.17) is 0 Å². The minimum absolute atomic E-state index is 0.0979. The summed E-state index contributed by atoms with van der Waals surface area (Å²) < 4.78 is 3.73. The van der Waals surface area contributed by atoms with Gasteiger partial charge in [0.2, 0.25) is 0 Å². The van der Waals surface area contributed by atoms with Crippen LogP contribution in [0.2, 0.25) is 0 Å². The third-order valence-corrected chi connectivity index (χ3v) is 4.75. The minimum atomic E-state index is -0.122. The molecule has 3 aromatic rings. The Morgan fingerprint density at radius 2 is 1.89 bits per heavy atom. The Kier molecular flexibility index (Phi) is 5.10. The fourth-order valence-electron chi connectivity index (χ4n) is 3.10. The van der Waals surface area contributed by atoms with Gasteiger partial charge in [0.25, 0.3) is 5.91 Å². The van der Waals surface area contributed by atoms with Gasteiger partial charge in [-0.1, -0.05) is 0 Å². The third-order valence-electron chi connectivity index (χ3n) is 4.75. The third kappa shape index (κ3) is 3.98. The fraction of sp³-hybridized carbons (Fsp3) is 0.429. The molecule has 0 saturated heterocycles. The van der Waals surface area contributed by atoms with E-state index in [-0.39, 0.29) is 11.4 Å². The highest BCUT2D eigenvalue weighted by Crippen LogP contribution is 2.25. The highest BCUT2D eigenvalue weighted by atomic mass is 16.2. The van der Waals surface area contributed by atoms with E-state index in [0.717, 1.165) is 28.1 Å². The van der Waals surface area contributed by atoms with Crippen molar-refractivity contribution in [2.45, 2.75) is 46.7 Å². The van der Waals surface area contributed by atoms with Gasteiger partial charge < -0.3 is 4.90 Å². The van der Waals surface area contributed by atoms with Crippen molar-refractivity contribution in [1.82, 2.24) is 29.4 Å². The molecule has 0 N–H and O–H groups in total. The van der Waals surface area contributed by atoms with E-state index in [2.05, 4.69) is 36.0 Å². The largest absolute Gasteiger partial charge is 0.334 e. The van der Waals surface area contributed by atoms with Gasteiger partial charge in [-0.25, -0.2) is 0 Å². The number of nitrogens with zero attached hydrogens (tertiary/aromatic N) is 6. The number of hydrogen-bond acceptors (Lipinski definition) is 4. The lowest BCUT2D eigenvalue weighted by atomic mass is 10.0. The summed E-state index contributed by atoms with van der Waals surface area (Å²) in [6.07, 6.45) is 5.60. The lowest BCUT2D eigenvalue weighted by molar-refractivity contribution is 0.0776.